The van der Waals surface area contributed by atoms with Gasteiger partial charge in [-0.25, -0.2) is 0 Å². The summed E-state index contributed by atoms with van der Waals surface area (Å²) in [5.74, 6) is 0.156. The predicted molar refractivity (Wildman–Crippen MR) is 85.2 cm³/mol. The molecule has 0 spiro atoms. The van der Waals surface area contributed by atoms with E-state index in [1.54, 1.807) is 11.9 Å². The van der Waals surface area contributed by atoms with Crippen LogP contribution < -0.4 is 0 Å². The van der Waals surface area contributed by atoms with Crippen molar-refractivity contribution < 1.29 is 14.6 Å². The third-order valence-electron chi connectivity index (χ3n) is 4.37. The molecule has 0 saturated carbocycles. The van der Waals surface area contributed by atoms with E-state index in [-0.39, 0.29) is 5.91 Å². The van der Waals surface area contributed by atoms with Crippen LogP contribution in [0.25, 0.3) is 0 Å². The molecule has 1 rings (SSSR count). The van der Waals surface area contributed by atoms with Crippen molar-refractivity contribution in [2.45, 2.75) is 76.7 Å². The van der Waals surface area contributed by atoms with Crippen LogP contribution in [0.1, 0.15) is 71.1 Å². The Morgan fingerprint density at radius 1 is 1.10 bits per heavy atom. The Bertz CT molecular complexity index is 288. The van der Waals surface area contributed by atoms with Gasteiger partial charge >= 0.3 is 0 Å². The van der Waals surface area contributed by atoms with Crippen LogP contribution in [0.3, 0.4) is 0 Å². The Labute approximate surface area is 129 Å². The Hall–Kier alpha value is -0.610. The summed E-state index contributed by atoms with van der Waals surface area (Å²) in [4.78, 5) is 13.8. The predicted octanol–water partition coefficient (Wildman–Crippen LogP) is 3.13. The van der Waals surface area contributed by atoms with Crippen LogP contribution in [0.2, 0.25) is 0 Å². The first-order valence-corrected chi connectivity index (χ1v) is 8.61. The van der Waals surface area contributed by atoms with Crippen molar-refractivity contribution in [3.63, 3.8) is 0 Å². The van der Waals surface area contributed by atoms with Crippen LogP contribution in [0, 0.1) is 0 Å². The quantitative estimate of drug-likeness (QED) is 0.631. The number of unbranched alkanes of at least 4 members (excludes halogenated alkanes) is 6. The lowest BCUT2D eigenvalue weighted by Crippen LogP contribution is -2.47. The molecule has 4 nitrogen and oxygen atoms in total. The van der Waals surface area contributed by atoms with Crippen LogP contribution in [0.15, 0.2) is 0 Å². The summed E-state index contributed by atoms with van der Waals surface area (Å²) in [6, 6.07) is 0. The van der Waals surface area contributed by atoms with Crippen LogP contribution >= 0.6 is 0 Å². The Balaban J connectivity index is 2.10. The van der Waals surface area contributed by atoms with Gasteiger partial charge in [-0.05, 0) is 6.42 Å². The number of carbonyl (C=O) groups excluding carboxylic acids is 1. The monoisotopic (exact) mass is 299 g/mol. The highest BCUT2D eigenvalue weighted by molar-refractivity contribution is 5.75. The molecule has 1 aliphatic rings. The molecule has 1 fully saturated rings. The van der Waals surface area contributed by atoms with E-state index in [9.17, 15) is 9.90 Å². The van der Waals surface area contributed by atoms with Gasteiger partial charge in [-0.15, -0.1) is 0 Å². The Morgan fingerprint density at radius 2 is 1.67 bits per heavy atom. The van der Waals surface area contributed by atoms with Gasteiger partial charge in [0.1, 0.15) is 0 Å². The second-order valence-corrected chi connectivity index (χ2v) is 6.46. The summed E-state index contributed by atoms with van der Waals surface area (Å²) in [7, 11) is 1.80. The van der Waals surface area contributed by atoms with E-state index in [2.05, 4.69) is 6.92 Å². The minimum absolute atomic E-state index is 0.156. The van der Waals surface area contributed by atoms with Crippen molar-refractivity contribution in [2.75, 3.05) is 26.8 Å². The summed E-state index contributed by atoms with van der Waals surface area (Å²) in [6.07, 6.45) is 10.4. The van der Waals surface area contributed by atoms with Gasteiger partial charge in [-0.1, -0.05) is 45.4 Å². The van der Waals surface area contributed by atoms with Gasteiger partial charge in [-0.2, -0.15) is 0 Å². The van der Waals surface area contributed by atoms with Crippen LogP contribution in [-0.2, 0) is 9.53 Å². The van der Waals surface area contributed by atoms with E-state index < -0.39 is 5.60 Å². The van der Waals surface area contributed by atoms with Gasteiger partial charge in [0.05, 0.1) is 5.60 Å². The fourth-order valence-corrected chi connectivity index (χ4v) is 2.86. The lowest BCUT2D eigenvalue weighted by molar-refractivity contribution is -0.136. The maximum atomic E-state index is 12.1. The summed E-state index contributed by atoms with van der Waals surface area (Å²) in [6.45, 7) is 3.85. The first kappa shape index (κ1) is 18.4. The number of amides is 1. The van der Waals surface area contributed by atoms with E-state index in [0.29, 0.717) is 39.0 Å². The standard InChI is InChI=1S/C17H33NO3/c1-3-4-5-6-7-8-9-10-16(19)18(2)15-17(20)11-13-21-14-12-17/h20H,3-15H2,1-2H3. The fourth-order valence-electron chi connectivity index (χ4n) is 2.86. The highest BCUT2D eigenvalue weighted by Crippen LogP contribution is 2.21. The highest BCUT2D eigenvalue weighted by atomic mass is 16.5. The molecular formula is C17H33NO3. The third-order valence-corrected chi connectivity index (χ3v) is 4.37. The van der Waals surface area contributed by atoms with Gasteiger partial charge in [0, 0.05) is 46.1 Å². The molecule has 21 heavy (non-hydrogen) atoms. The summed E-state index contributed by atoms with van der Waals surface area (Å²) in [5.41, 5.74) is -0.747. The number of ether oxygens (including phenoxy) is 1. The van der Waals surface area contributed by atoms with Gasteiger partial charge in [0.2, 0.25) is 5.91 Å². The molecule has 1 N–H and O–H groups in total. The van der Waals surface area contributed by atoms with Crippen LogP contribution in [0.5, 0.6) is 0 Å². The molecule has 1 amide bonds. The number of aliphatic hydroxyl groups is 1. The topological polar surface area (TPSA) is 49.8 Å². The fraction of sp³-hybridized carbons (Fsp3) is 0.941. The summed E-state index contributed by atoms with van der Waals surface area (Å²) < 4.78 is 5.26. The number of likely N-dealkylation sites (N-methyl/N-ethyl adjacent to an activating group) is 1. The van der Waals surface area contributed by atoms with Crippen molar-refractivity contribution in [3.05, 3.63) is 0 Å². The van der Waals surface area contributed by atoms with Gasteiger partial charge in [-0.3, -0.25) is 4.79 Å². The van der Waals surface area contributed by atoms with E-state index in [1.165, 1.54) is 32.1 Å². The van der Waals surface area contributed by atoms with E-state index in [4.69, 9.17) is 4.74 Å². The normalized spacial score (nSPS) is 17.7. The van der Waals surface area contributed by atoms with Crippen LogP contribution in [0.4, 0.5) is 0 Å². The lowest BCUT2D eigenvalue weighted by atomic mass is 9.94. The number of hydrogen-bond donors (Lipinski definition) is 1. The largest absolute Gasteiger partial charge is 0.388 e. The molecule has 0 radical (unpaired) electrons. The van der Waals surface area contributed by atoms with Crippen molar-refractivity contribution in [1.82, 2.24) is 4.90 Å². The van der Waals surface area contributed by atoms with Crippen molar-refractivity contribution in [1.29, 1.82) is 0 Å². The second-order valence-electron chi connectivity index (χ2n) is 6.46. The first-order valence-electron chi connectivity index (χ1n) is 8.61. The number of rotatable bonds is 10. The van der Waals surface area contributed by atoms with Gasteiger partial charge in [0.25, 0.3) is 0 Å². The molecule has 4 heteroatoms. The SMILES string of the molecule is CCCCCCCCCC(=O)N(C)CC1(O)CCOCC1. The Morgan fingerprint density at radius 3 is 2.29 bits per heavy atom. The average molecular weight is 299 g/mol. The summed E-state index contributed by atoms with van der Waals surface area (Å²) >= 11 is 0. The van der Waals surface area contributed by atoms with Crippen molar-refractivity contribution >= 4 is 5.91 Å². The molecule has 0 aliphatic carbocycles. The van der Waals surface area contributed by atoms with Gasteiger partial charge < -0.3 is 14.7 Å². The molecule has 0 aromatic carbocycles. The van der Waals surface area contributed by atoms with Crippen molar-refractivity contribution in [2.24, 2.45) is 0 Å². The third kappa shape index (κ3) is 7.82. The van der Waals surface area contributed by atoms with E-state index in [0.717, 1.165) is 12.8 Å². The number of hydrogen-bond acceptors (Lipinski definition) is 3. The minimum atomic E-state index is -0.747. The molecule has 0 unspecified atom stereocenters. The summed E-state index contributed by atoms with van der Waals surface area (Å²) in [5, 5.41) is 10.4. The Kier molecular flexibility index (Phi) is 8.93. The molecule has 124 valence electrons. The molecule has 0 aromatic heterocycles. The number of nitrogens with zero attached hydrogens (tertiary/aromatic N) is 1. The second kappa shape index (κ2) is 10.2. The molecule has 1 saturated heterocycles. The lowest BCUT2D eigenvalue weighted by Gasteiger charge is -2.35. The molecule has 1 heterocycles. The van der Waals surface area contributed by atoms with Gasteiger partial charge in [0.15, 0.2) is 0 Å². The zero-order valence-electron chi connectivity index (χ0n) is 13.9. The van der Waals surface area contributed by atoms with Crippen LogP contribution in [-0.4, -0.2) is 48.3 Å². The highest BCUT2D eigenvalue weighted by Gasteiger charge is 2.32. The first-order chi connectivity index (χ1) is 10.1. The number of carbonyl (C=O) groups is 1. The zero-order chi connectivity index (χ0) is 15.6. The average Bonchev–Trinajstić information content (AvgIpc) is 2.46. The molecule has 0 aromatic rings. The smallest absolute Gasteiger partial charge is 0.222 e. The maximum Gasteiger partial charge on any atom is 0.222 e. The maximum absolute atomic E-state index is 12.1. The van der Waals surface area contributed by atoms with Crippen molar-refractivity contribution in [3.8, 4) is 0 Å². The molecular weight excluding hydrogens is 266 g/mol. The minimum Gasteiger partial charge on any atom is -0.388 e. The van der Waals surface area contributed by atoms with E-state index >= 15 is 0 Å². The molecule has 0 bridgehead atoms. The van der Waals surface area contributed by atoms with E-state index in [1.807, 2.05) is 0 Å². The zero-order valence-corrected chi connectivity index (χ0v) is 13.9. The molecule has 0 atom stereocenters. The molecule has 1 aliphatic heterocycles.